The minimum atomic E-state index is 1.27. The first kappa shape index (κ1) is 8.82. The summed E-state index contributed by atoms with van der Waals surface area (Å²) in [4.78, 5) is 0. The van der Waals surface area contributed by atoms with Gasteiger partial charge in [-0.2, -0.15) is 0 Å². The second kappa shape index (κ2) is 3.11. The minimum absolute atomic E-state index is 1.27. The van der Waals surface area contributed by atoms with Crippen molar-refractivity contribution in [2.75, 3.05) is 0 Å². The van der Waals surface area contributed by atoms with Crippen molar-refractivity contribution >= 4 is 27.2 Å². The number of hydrogen-bond acceptors (Lipinski definition) is 0. The Hall–Kier alpha value is -2.28. The molecule has 0 fully saturated rings. The molecule has 0 bridgehead atoms. The van der Waals surface area contributed by atoms with Gasteiger partial charge in [0.15, 0.2) is 0 Å². The molecule has 0 radical (unpaired) electrons. The second-order valence-electron chi connectivity index (χ2n) is 4.36. The monoisotopic (exact) mass is 217 g/mol. The van der Waals surface area contributed by atoms with E-state index >= 15 is 0 Å². The van der Waals surface area contributed by atoms with Gasteiger partial charge >= 0.3 is 0 Å². The molecule has 0 aliphatic heterocycles. The molecule has 17 heavy (non-hydrogen) atoms. The molecule has 80 valence electrons. The molecule has 0 saturated carbocycles. The number of benzene rings is 2. The predicted molar refractivity (Wildman–Crippen MR) is 72.4 cm³/mol. The highest BCUT2D eigenvalue weighted by Crippen LogP contribution is 2.26. The maximum atomic E-state index is 2.26. The van der Waals surface area contributed by atoms with Crippen molar-refractivity contribution in [3.05, 3.63) is 66.9 Å². The van der Waals surface area contributed by atoms with Crippen LogP contribution in [-0.4, -0.2) is 4.40 Å². The number of rotatable bonds is 0. The largest absolute Gasteiger partial charge is 0.316 e. The fourth-order valence-electron chi connectivity index (χ4n) is 2.57. The summed E-state index contributed by atoms with van der Waals surface area (Å²) in [6.45, 7) is 0. The van der Waals surface area contributed by atoms with Gasteiger partial charge in [-0.05, 0) is 23.6 Å². The maximum absolute atomic E-state index is 2.26. The van der Waals surface area contributed by atoms with E-state index in [0.717, 1.165) is 0 Å². The predicted octanol–water partition coefficient (Wildman–Crippen LogP) is 4.25. The van der Waals surface area contributed by atoms with Crippen LogP contribution in [0.4, 0.5) is 0 Å². The Balaban J connectivity index is 2.34. The van der Waals surface area contributed by atoms with Crippen molar-refractivity contribution in [2.45, 2.75) is 0 Å². The zero-order chi connectivity index (χ0) is 11.2. The molecule has 0 atom stereocenters. The van der Waals surface area contributed by atoms with E-state index in [1.54, 1.807) is 0 Å². The van der Waals surface area contributed by atoms with Crippen LogP contribution in [0.5, 0.6) is 0 Å². The van der Waals surface area contributed by atoms with E-state index in [-0.39, 0.29) is 0 Å². The first-order valence-electron chi connectivity index (χ1n) is 5.81. The number of pyridine rings is 1. The lowest BCUT2D eigenvalue weighted by atomic mass is 10.1. The van der Waals surface area contributed by atoms with Crippen molar-refractivity contribution in [2.24, 2.45) is 0 Å². The Morgan fingerprint density at radius 3 is 2.35 bits per heavy atom. The van der Waals surface area contributed by atoms with Crippen LogP contribution >= 0.6 is 0 Å². The van der Waals surface area contributed by atoms with E-state index in [9.17, 15) is 0 Å². The normalized spacial score (nSPS) is 11.5. The summed E-state index contributed by atoms with van der Waals surface area (Å²) in [5, 5.41) is 3.90. The SMILES string of the molecule is c1ccc2c(c1)ccn1c3ccccc3cc21. The first-order valence-corrected chi connectivity index (χ1v) is 5.81. The zero-order valence-corrected chi connectivity index (χ0v) is 9.30. The fraction of sp³-hybridized carbons (Fsp3) is 0. The molecule has 4 aromatic rings. The third-order valence-corrected chi connectivity index (χ3v) is 3.39. The highest BCUT2D eigenvalue weighted by molar-refractivity contribution is 6.02. The molecule has 2 heterocycles. The molecule has 0 unspecified atom stereocenters. The van der Waals surface area contributed by atoms with Gasteiger partial charge in [0.2, 0.25) is 0 Å². The minimum Gasteiger partial charge on any atom is -0.316 e. The zero-order valence-electron chi connectivity index (χ0n) is 9.30. The summed E-state index contributed by atoms with van der Waals surface area (Å²) in [5.74, 6) is 0. The molecule has 4 rings (SSSR count). The molecule has 1 nitrogen and oxygen atoms in total. The molecule has 0 aliphatic carbocycles. The molecule has 0 saturated heterocycles. The lowest BCUT2D eigenvalue weighted by Gasteiger charge is -2.01. The summed E-state index contributed by atoms with van der Waals surface area (Å²) in [6.07, 6.45) is 2.15. The van der Waals surface area contributed by atoms with Crippen molar-refractivity contribution in [3.63, 3.8) is 0 Å². The van der Waals surface area contributed by atoms with E-state index in [1.165, 1.54) is 27.2 Å². The van der Waals surface area contributed by atoms with E-state index in [0.29, 0.717) is 0 Å². The van der Waals surface area contributed by atoms with Gasteiger partial charge in [0, 0.05) is 17.0 Å². The molecule has 2 aromatic carbocycles. The number of fused-ring (bicyclic) bond motifs is 5. The van der Waals surface area contributed by atoms with E-state index in [1.807, 2.05) is 0 Å². The molecular weight excluding hydrogens is 206 g/mol. The Labute approximate surface area is 98.9 Å². The van der Waals surface area contributed by atoms with Crippen molar-refractivity contribution in [3.8, 4) is 0 Å². The van der Waals surface area contributed by atoms with Crippen LogP contribution in [0, 0.1) is 0 Å². The van der Waals surface area contributed by atoms with Crippen LogP contribution in [-0.2, 0) is 0 Å². The van der Waals surface area contributed by atoms with Crippen LogP contribution in [0.2, 0.25) is 0 Å². The van der Waals surface area contributed by atoms with Crippen LogP contribution in [0.25, 0.3) is 27.2 Å². The fourth-order valence-corrected chi connectivity index (χ4v) is 2.57. The smallest absolute Gasteiger partial charge is 0.0540 e. The summed E-state index contributed by atoms with van der Waals surface area (Å²) in [6, 6.07) is 21.5. The average molecular weight is 217 g/mol. The third kappa shape index (κ3) is 1.14. The summed E-state index contributed by atoms with van der Waals surface area (Å²) in [7, 11) is 0. The van der Waals surface area contributed by atoms with Crippen molar-refractivity contribution < 1.29 is 0 Å². The van der Waals surface area contributed by atoms with Gasteiger partial charge in [0.1, 0.15) is 0 Å². The number of hydrogen-bond donors (Lipinski definition) is 0. The topological polar surface area (TPSA) is 4.41 Å². The quantitative estimate of drug-likeness (QED) is 0.415. The van der Waals surface area contributed by atoms with Crippen LogP contribution in [0.3, 0.4) is 0 Å². The molecule has 0 amide bonds. The van der Waals surface area contributed by atoms with Gasteiger partial charge in [-0.15, -0.1) is 0 Å². The first-order chi connectivity index (χ1) is 8.43. The molecular formula is C16H11N. The van der Waals surface area contributed by atoms with E-state index < -0.39 is 0 Å². The number of para-hydroxylation sites is 1. The average Bonchev–Trinajstić information content (AvgIpc) is 2.78. The van der Waals surface area contributed by atoms with Crippen LogP contribution in [0.1, 0.15) is 0 Å². The van der Waals surface area contributed by atoms with Gasteiger partial charge in [-0.1, -0.05) is 42.5 Å². The third-order valence-electron chi connectivity index (χ3n) is 3.39. The van der Waals surface area contributed by atoms with Gasteiger partial charge in [-0.25, -0.2) is 0 Å². The Bertz CT molecular complexity index is 840. The molecule has 0 aliphatic rings. The Morgan fingerprint density at radius 2 is 1.41 bits per heavy atom. The van der Waals surface area contributed by atoms with Crippen molar-refractivity contribution in [1.82, 2.24) is 4.40 Å². The Kier molecular flexibility index (Phi) is 1.61. The standard InChI is InChI=1S/C16H11N/c1-3-7-14-12(5-1)9-10-17-15-8-4-2-6-13(15)11-16(14)17/h1-11H. The second-order valence-corrected chi connectivity index (χ2v) is 4.36. The number of aromatic nitrogens is 1. The van der Waals surface area contributed by atoms with Gasteiger partial charge in [0.25, 0.3) is 0 Å². The molecule has 0 N–H and O–H groups in total. The van der Waals surface area contributed by atoms with E-state index in [4.69, 9.17) is 0 Å². The number of nitrogens with zero attached hydrogens (tertiary/aromatic N) is 1. The molecule has 0 spiro atoms. The van der Waals surface area contributed by atoms with Crippen LogP contribution in [0.15, 0.2) is 66.9 Å². The summed E-state index contributed by atoms with van der Waals surface area (Å²) >= 11 is 0. The van der Waals surface area contributed by atoms with E-state index in [2.05, 4.69) is 71.3 Å². The van der Waals surface area contributed by atoms with Gasteiger partial charge < -0.3 is 4.40 Å². The lowest BCUT2D eigenvalue weighted by Crippen LogP contribution is -1.84. The summed E-state index contributed by atoms with van der Waals surface area (Å²) < 4.78 is 2.26. The van der Waals surface area contributed by atoms with Crippen LogP contribution < -0.4 is 0 Å². The Morgan fingerprint density at radius 1 is 0.647 bits per heavy atom. The van der Waals surface area contributed by atoms with Crippen molar-refractivity contribution in [1.29, 1.82) is 0 Å². The van der Waals surface area contributed by atoms with Gasteiger partial charge in [0.05, 0.1) is 11.0 Å². The highest BCUT2D eigenvalue weighted by atomic mass is 14.9. The lowest BCUT2D eigenvalue weighted by molar-refractivity contribution is 1.27. The van der Waals surface area contributed by atoms with Gasteiger partial charge in [-0.3, -0.25) is 0 Å². The summed E-state index contributed by atoms with van der Waals surface area (Å²) in [5.41, 5.74) is 2.55. The highest BCUT2D eigenvalue weighted by Gasteiger charge is 2.04. The molecule has 2 aromatic heterocycles. The molecule has 1 heteroatoms. The maximum Gasteiger partial charge on any atom is 0.0540 e.